The molecule has 2 aromatic rings. The molecule has 4 nitrogen and oxygen atoms in total. The van der Waals surface area contributed by atoms with E-state index in [0.717, 1.165) is 24.5 Å². The predicted octanol–water partition coefficient (Wildman–Crippen LogP) is 2.73. The van der Waals surface area contributed by atoms with E-state index in [1.54, 1.807) is 25.3 Å². The minimum absolute atomic E-state index is 0.0228. The van der Waals surface area contributed by atoms with Crippen LogP contribution in [0.1, 0.15) is 5.56 Å². The topological polar surface area (TPSA) is 32.8 Å². The van der Waals surface area contributed by atoms with Crippen LogP contribution in [0.4, 0.5) is 10.1 Å². The first-order valence-corrected chi connectivity index (χ1v) is 8.07. The van der Waals surface area contributed by atoms with Gasteiger partial charge in [-0.3, -0.25) is 4.79 Å². The van der Waals surface area contributed by atoms with Gasteiger partial charge in [-0.15, -0.1) is 0 Å². The quantitative estimate of drug-likeness (QED) is 0.865. The molecule has 0 N–H and O–H groups in total. The molecule has 5 heteroatoms. The van der Waals surface area contributed by atoms with Crippen LogP contribution in [0.2, 0.25) is 0 Å². The van der Waals surface area contributed by atoms with E-state index in [2.05, 4.69) is 4.90 Å². The van der Waals surface area contributed by atoms with E-state index in [0.29, 0.717) is 18.7 Å². The molecule has 0 atom stereocenters. The molecular formula is C19H21FN2O2. The van der Waals surface area contributed by atoms with Crippen molar-refractivity contribution in [2.45, 2.75) is 6.42 Å². The monoisotopic (exact) mass is 328 g/mol. The lowest BCUT2D eigenvalue weighted by atomic mass is 10.1. The smallest absolute Gasteiger partial charge is 0.227 e. The number of amides is 1. The lowest BCUT2D eigenvalue weighted by Crippen LogP contribution is -2.49. The number of rotatable bonds is 4. The minimum Gasteiger partial charge on any atom is -0.497 e. The second kappa shape index (κ2) is 7.34. The van der Waals surface area contributed by atoms with Crippen LogP contribution in [-0.2, 0) is 11.2 Å². The second-order valence-electron chi connectivity index (χ2n) is 5.84. The molecule has 0 radical (unpaired) electrons. The van der Waals surface area contributed by atoms with E-state index < -0.39 is 0 Å². The minimum atomic E-state index is -0.319. The summed E-state index contributed by atoms with van der Waals surface area (Å²) < 4.78 is 18.9. The first kappa shape index (κ1) is 16.3. The van der Waals surface area contributed by atoms with Gasteiger partial charge in [0.05, 0.1) is 13.5 Å². The van der Waals surface area contributed by atoms with Gasteiger partial charge in [-0.05, 0) is 23.8 Å². The molecule has 1 fully saturated rings. The molecule has 0 unspecified atom stereocenters. The van der Waals surface area contributed by atoms with Gasteiger partial charge in [0.2, 0.25) is 5.91 Å². The Morgan fingerprint density at radius 1 is 1.08 bits per heavy atom. The summed E-state index contributed by atoms with van der Waals surface area (Å²) in [5.41, 5.74) is 1.55. The molecule has 1 amide bonds. The van der Waals surface area contributed by atoms with Gasteiger partial charge in [0.25, 0.3) is 0 Å². The predicted molar refractivity (Wildman–Crippen MR) is 91.9 cm³/mol. The van der Waals surface area contributed by atoms with E-state index in [4.69, 9.17) is 4.74 Å². The highest BCUT2D eigenvalue weighted by molar-refractivity contribution is 5.79. The van der Waals surface area contributed by atoms with Crippen molar-refractivity contribution in [3.05, 3.63) is 59.9 Å². The molecule has 1 saturated heterocycles. The van der Waals surface area contributed by atoms with Crippen molar-refractivity contribution in [2.24, 2.45) is 0 Å². The van der Waals surface area contributed by atoms with Crippen LogP contribution in [0.25, 0.3) is 0 Å². The Hall–Kier alpha value is -2.56. The third-order valence-corrected chi connectivity index (χ3v) is 4.35. The van der Waals surface area contributed by atoms with Crippen molar-refractivity contribution < 1.29 is 13.9 Å². The van der Waals surface area contributed by atoms with E-state index in [-0.39, 0.29) is 18.1 Å². The van der Waals surface area contributed by atoms with Crippen LogP contribution in [0, 0.1) is 5.82 Å². The van der Waals surface area contributed by atoms with Gasteiger partial charge < -0.3 is 14.5 Å². The molecular weight excluding hydrogens is 307 g/mol. The SMILES string of the molecule is COc1cccc(N2CCN(C(=O)Cc3ccccc3F)CC2)c1. The average Bonchev–Trinajstić information content (AvgIpc) is 2.64. The molecule has 3 rings (SSSR count). The lowest BCUT2D eigenvalue weighted by Gasteiger charge is -2.36. The van der Waals surface area contributed by atoms with Crippen molar-refractivity contribution in [2.75, 3.05) is 38.2 Å². The molecule has 0 bridgehead atoms. The van der Waals surface area contributed by atoms with Crippen molar-refractivity contribution in [3.8, 4) is 5.75 Å². The summed E-state index contributed by atoms with van der Waals surface area (Å²) in [5, 5.41) is 0. The van der Waals surface area contributed by atoms with Gasteiger partial charge >= 0.3 is 0 Å². The number of carbonyl (C=O) groups is 1. The first-order valence-electron chi connectivity index (χ1n) is 8.07. The molecule has 1 aliphatic rings. The summed E-state index contributed by atoms with van der Waals surface area (Å²) in [6.07, 6.45) is 0.117. The molecule has 1 aliphatic heterocycles. The van der Waals surface area contributed by atoms with Gasteiger partial charge in [0.1, 0.15) is 11.6 Å². The van der Waals surface area contributed by atoms with Gasteiger partial charge in [-0.1, -0.05) is 24.3 Å². The highest BCUT2D eigenvalue weighted by Crippen LogP contribution is 2.22. The first-order chi connectivity index (χ1) is 11.7. The van der Waals surface area contributed by atoms with E-state index in [1.165, 1.54) is 6.07 Å². The maximum Gasteiger partial charge on any atom is 0.227 e. The molecule has 1 heterocycles. The summed E-state index contributed by atoms with van der Waals surface area (Å²) in [4.78, 5) is 16.4. The number of hydrogen-bond acceptors (Lipinski definition) is 3. The maximum absolute atomic E-state index is 13.7. The average molecular weight is 328 g/mol. The van der Waals surface area contributed by atoms with Gasteiger partial charge in [-0.25, -0.2) is 4.39 Å². The number of benzene rings is 2. The zero-order chi connectivity index (χ0) is 16.9. The van der Waals surface area contributed by atoms with Gasteiger partial charge in [-0.2, -0.15) is 0 Å². The van der Waals surface area contributed by atoms with Crippen LogP contribution in [0.3, 0.4) is 0 Å². The van der Waals surface area contributed by atoms with Crippen molar-refractivity contribution in [1.82, 2.24) is 4.90 Å². The number of ether oxygens (including phenoxy) is 1. The summed E-state index contributed by atoms with van der Waals surface area (Å²) in [6.45, 7) is 2.81. The normalized spacial score (nSPS) is 14.6. The number of halogens is 1. The van der Waals surface area contributed by atoms with Crippen LogP contribution in [0.15, 0.2) is 48.5 Å². The number of hydrogen-bond donors (Lipinski definition) is 0. The van der Waals surface area contributed by atoms with Crippen molar-refractivity contribution >= 4 is 11.6 Å². The second-order valence-corrected chi connectivity index (χ2v) is 5.84. The maximum atomic E-state index is 13.7. The van der Waals surface area contributed by atoms with E-state index in [9.17, 15) is 9.18 Å². The fraction of sp³-hybridized carbons (Fsp3) is 0.316. The molecule has 0 aliphatic carbocycles. The summed E-state index contributed by atoms with van der Waals surface area (Å²) in [7, 11) is 1.65. The Kier molecular flexibility index (Phi) is 4.99. The van der Waals surface area contributed by atoms with Gasteiger partial charge in [0.15, 0.2) is 0 Å². The molecule has 0 saturated carbocycles. The number of methoxy groups -OCH3 is 1. The molecule has 2 aromatic carbocycles. The summed E-state index contributed by atoms with van der Waals surface area (Å²) in [5.74, 6) is 0.483. The highest BCUT2D eigenvalue weighted by Gasteiger charge is 2.22. The Morgan fingerprint density at radius 3 is 2.54 bits per heavy atom. The van der Waals surface area contributed by atoms with Gasteiger partial charge in [0, 0.05) is 37.9 Å². The molecule has 24 heavy (non-hydrogen) atoms. The number of nitrogens with zero attached hydrogens (tertiary/aromatic N) is 2. The van der Waals surface area contributed by atoms with E-state index >= 15 is 0 Å². The van der Waals surface area contributed by atoms with Crippen LogP contribution >= 0.6 is 0 Å². The Bertz CT molecular complexity index is 712. The summed E-state index contributed by atoms with van der Waals surface area (Å²) in [6, 6.07) is 14.4. The number of carbonyl (C=O) groups excluding carboxylic acids is 1. The summed E-state index contributed by atoms with van der Waals surface area (Å²) >= 11 is 0. The fourth-order valence-corrected chi connectivity index (χ4v) is 2.94. The van der Waals surface area contributed by atoms with Crippen molar-refractivity contribution in [3.63, 3.8) is 0 Å². The van der Waals surface area contributed by atoms with Crippen LogP contribution in [0.5, 0.6) is 5.75 Å². The molecule has 126 valence electrons. The molecule has 0 aromatic heterocycles. The molecule has 0 spiro atoms. The fourth-order valence-electron chi connectivity index (χ4n) is 2.94. The zero-order valence-corrected chi connectivity index (χ0v) is 13.7. The Balaban J connectivity index is 1.58. The van der Waals surface area contributed by atoms with Crippen LogP contribution in [-0.4, -0.2) is 44.1 Å². The Morgan fingerprint density at radius 2 is 1.83 bits per heavy atom. The van der Waals surface area contributed by atoms with Crippen molar-refractivity contribution in [1.29, 1.82) is 0 Å². The third-order valence-electron chi connectivity index (χ3n) is 4.35. The Labute approximate surface area is 141 Å². The number of anilines is 1. The largest absolute Gasteiger partial charge is 0.497 e. The number of piperazine rings is 1. The highest BCUT2D eigenvalue weighted by atomic mass is 19.1. The zero-order valence-electron chi connectivity index (χ0n) is 13.7. The lowest BCUT2D eigenvalue weighted by molar-refractivity contribution is -0.130. The van der Waals surface area contributed by atoms with E-state index in [1.807, 2.05) is 29.2 Å². The standard InChI is InChI=1S/C19H21FN2O2/c1-24-17-7-4-6-16(14-17)21-9-11-22(12-10-21)19(23)13-15-5-2-3-8-18(15)20/h2-8,14H,9-13H2,1H3. The van der Waals surface area contributed by atoms with Crippen LogP contribution < -0.4 is 9.64 Å². The third kappa shape index (κ3) is 3.67.